The lowest BCUT2D eigenvalue weighted by molar-refractivity contribution is -0.118. The summed E-state index contributed by atoms with van der Waals surface area (Å²) in [4.78, 5) is 15.8. The highest BCUT2D eigenvalue weighted by molar-refractivity contribution is 7.99. The number of hydrogen-bond acceptors (Lipinski definition) is 6. The molecule has 0 aliphatic carbocycles. The Bertz CT molecular complexity index is 710. The molecule has 7 nitrogen and oxygen atoms in total. The highest BCUT2D eigenvalue weighted by Crippen LogP contribution is 2.15. The van der Waals surface area contributed by atoms with Gasteiger partial charge in [-0.2, -0.15) is 0 Å². The van der Waals surface area contributed by atoms with Crippen molar-refractivity contribution in [3.63, 3.8) is 0 Å². The van der Waals surface area contributed by atoms with Gasteiger partial charge >= 0.3 is 0 Å². The van der Waals surface area contributed by atoms with E-state index in [9.17, 15) is 4.79 Å². The van der Waals surface area contributed by atoms with Gasteiger partial charge in [0.2, 0.25) is 5.91 Å². The second kappa shape index (κ2) is 5.74. The molecule has 3 rings (SSSR count). The van der Waals surface area contributed by atoms with Gasteiger partial charge in [0.1, 0.15) is 5.76 Å². The lowest BCUT2D eigenvalue weighted by Crippen LogP contribution is -2.24. The average Bonchev–Trinajstić information content (AvgIpc) is 3.12. The Morgan fingerprint density at radius 2 is 2.35 bits per heavy atom. The number of aromatic nitrogens is 4. The number of amides is 1. The number of thioether (sulfide) groups is 1. The van der Waals surface area contributed by atoms with Crippen LogP contribution in [0.1, 0.15) is 5.76 Å². The predicted octanol–water partition coefficient (Wildman–Crippen LogP) is 1.13. The Morgan fingerprint density at radius 3 is 3.20 bits per heavy atom. The molecule has 0 aromatic carbocycles. The van der Waals surface area contributed by atoms with Gasteiger partial charge in [0, 0.05) is 12.4 Å². The molecule has 8 heteroatoms. The van der Waals surface area contributed by atoms with Crippen molar-refractivity contribution in [3.05, 3.63) is 42.6 Å². The van der Waals surface area contributed by atoms with Gasteiger partial charge < -0.3 is 9.73 Å². The van der Waals surface area contributed by atoms with E-state index in [0.717, 1.165) is 5.76 Å². The van der Waals surface area contributed by atoms with Gasteiger partial charge in [0.05, 0.1) is 18.6 Å². The van der Waals surface area contributed by atoms with Crippen LogP contribution in [-0.2, 0) is 11.3 Å². The molecular formula is C12H11N5O2S. The van der Waals surface area contributed by atoms with Crippen LogP contribution in [0.25, 0.3) is 5.78 Å². The third-order valence-electron chi connectivity index (χ3n) is 2.53. The number of hydrogen-bond donors (Lipinski definition) is 1. The van der Waals surface area contributed by atoms with Gasteiger partial charge in [0.15, 0.2) is 5.16 Å². The minimum Gasteiger partial charge on any atom is -0.467 e. The minimum atomic E-state index is -0.0907. The van der Waals surface area contributed by atoms with Gasteiger partial charge in [-0.15, -0.1) is 10.2 Å². The monoisotopic (exact) mass is 289 g/mol. The number of nitrogens with zero attached hydrogens (tertiary/aromatic N) is 4. The summed E-state index contributed by atoms with van der Waals surface area (Å²) >= 11 is 1.31. The second-order valence-corrected chi connectivity index (χ2v) is 4.86. The standard InChI is InChI=1S/C12H11N5O2S/c18-10(14-7-9-3-1-6-19-9)8-20-12-16-15-11-13-4-2-5-17(11)12/h1-6H,7-8H2,(H,14,18). The SMILES string of the molecule is O=C(CSc1nnc2ncccn12)NCc1ccco1. The van der Waals surface area contributed by atoms with Crippen molar-refractivity contribution in [3.8, 4) is 0 Å². The van der Waals surface area contributed by atoms with Crippen molar-refractivity contribution in [2.24, 2.45) is 0 Å². The van der Waals surface area contributed by atoms with Gasteiger partial charge in [0.25, 0.3) is 5.78 Å². The van der Waals surface area contributed by atoms with Crippen LogP contribution in [0.3, 0.4) is 0 Å². The third-order valence-corrected chi connectivity index (χ3v) is 3.47. The highest BCUT2D eigenvalue weighted by Gasteiger charge is 2.09. The summed E-state index contributed by atoms with van der Waals surface area (Å²) in [7, 11) is 0. The summed E-state index contributed by atoms with van der Waals surface area (Å²) in [6.07, 6.45) is 5.03. The molecule has 3 aromatic rings. The van der Waals surface area contributed by atoms with Gasteiger partial charge in [-0.25, -0.2) is 4.98 Å². The Kier molecular flexibility index (Phi) is 3.64. The average molecular weight is 289 g/mol. The molecule has 0 fully saturated rings. The molecule has 3 heterocycles. The smallest absolute Gasteiger partial charge is 0.255 e. The first-order valence-corrected chi connectivity index (χ1v) is 6.89. The largest absolute Gasteiger partial charge is 0.467 e. The fourth-order valence-electron chi connectivity index (χ4n) is 1.60. The topological polar surface area (TPSA) is 85.3 Å². The van der Waals surface area contributed by atoms with E-state index in [-0.39, 0.29) is 11.7 Å². The number of furan rings is 1. The van der Waals surface area contributed by atoms with Crippen molar-refractivity contribution < 1.29 is 9.21 Å². The molecule has 20 heavy (non-hydrogen) atoms. The Hall–Kier alpha value is -2.35. The van der Waals surface area contributed by atoms with E-state index in [0.29, 0.717) is 17.5 Å². The highest BCUT2D eigenvalue weighted by atomic mass is 32.2. The van der Waals surface area contributed by atoms with E-state index in [1.165, 1.54) is 11.8 Å². The molecule has 0 aliphatic rings. The van der Waals surface area contributed by atoms with Crippen LogP contribution in [0.4, 0.5) is 0 Å². The van der Waals surface area contributed by atoms with Crippen LogP contribution in [0.15, 0.2) is 46.4 Å². The fraction of sp³-hybridized carbons (Fsp3) is 0.167. The zero-order valence-electron chi connectivity index (χ0n) is 10.4. The lowest BCUT2D eigenvalue weighted by atomic mass is 10.4. The van der Waals surface area contributed by atoms with E-state index in [1.54, 1.807) is 29.0 Å². The maximum absolute atomic E-state index is 11.7. The summed E-state index contributed by atoms with van der Waals surface area (Å²) in [5.41, 5.74) is 0. The maximum atomic E-state index is 11.7. The number of carbonyl (C=O) groups is 1. The maximum Gasteiger partial charge on any atom is 0.255 e. The molecule has 0 spiro atoms. The number of nitrogens with one attached hydrogen (secondary N) is 1. The van der Waals surface area contributed by atoms with Crippen molar-refractivity contribution in [1.29, 1.82) is 0 Å². The van der Waals surface area contributed by atoms with Crippen LogP contribution in [0, 0.1) is 0 Å². The van der Waals surface area contributed by atoms with Crippen molar-refractivity contribution in [2.75, 3.05) is 5.75 Å². The van der Waals surface area contributed by atoms with E-state index in [2.05, 4.69) is 20.5 Å². The zero-order valence-corrected chi connectivity index (χ0v) is 11.2. The summed E-state index contributed by atoms with van der Waals surface area (Å²) in [5.74, 6) is 1.41. The van der Waals surface area contributed by atoms with E-state index in [4.69, 9.17) is 4.42 Å². The van der Waals surface area contributed by atoms with Crippen LogP contribution >= 0.6 is 11.8 Å². The molecule has 0 unspecified atom stereocenters. The third kappa shape index (κ3) is 2.80. The van der Waals surface area contributed by atoms with E-state index in [1.807, 2.05) is 12.3 Å². The van der Waals surface area contributed by atoms with Crippen LogP contribution in [-0.4, -0.2) is 31.2 Å². The first-order chi connectivity index (χ1) is 9.83. The molecule has 0 saturated carbocycles. The molecule has 0 radical (unpaired) electrons. The van der Waals surface area contributed by atoms with E-state index < -0.39 is 0 Å². The number of fused-ring (bicyclic) bond motifs is 1. The van der Waals surface area contributed by atoms with Gasteiger partial charge in [-0.05, 0) is 18.2 Å². The van der Waals surface area contributed by atoms with Crippen LogP contribution in [0.5, 0.6) is 0 Å². The summed E-state index contributed by atoms with van der Waals surface area (Å²) in [5, 5.41) is 11.3. The molecule has 0 aliphatic heterocycles. The Morgan fingerprint density at radius 1 is 1.40 bits per heavy atom. The molecule has 1 amide bonds. The summed E-state index contributed by atoms with van der Waals surface area (Å²) < 4.78 is 6.88. The minimum absolute atomic E-state index is 0.0907. The first-order valence-electron chi connectivity index (χ1n) is 5.90. The lowest BCUT2D eigenvalue weighted by Gasteiger charge is -2.02. The van der Waals surface area contributed by atoms with Crippen molar-refractivity contribution in [1.82, 2.24) is 24.9 Å². The quantitative estimate of drug-likeness (QED) is 0.709. The number of carbonyl (C=O) groups excluding carboxylic acids is 1. The normalized spacial score (nSPS) is 10.8. The van der Waals surface area contributed by atoms with Crippen molar-refractivity contribution >= 4 is 23.4 Å². The summed E-state index contributed by atoms with van der Waals surface area (Å²) in [6, 6.07) is 5.38. The van der Waals surface area contributed by atoms with Crippen LogP contribution in [0.2, 0.25) is 0 Å². The Balaban J connectivity index is 1.55. The molecule has 1 N–H and O–H groups in total. The van der Waals surface area contributed by atoms with Crippen molar-refractivity contribution in [2.45, 2.75) is 11.7 Å². The zero-order chi connectivity index (χ0) is 13.8. The van der Waals surface area contributed by atoms with Crippen LogP contribution < -0.4 is 5.32 Å². The van der Waals surface area contributed by atoms with Gasteiger partial charge in [-0.1, -0.05) is 11.8 Å². The second-order valence-electron chi connectivity index (χ2n) is 3.92. The van der Waals surface area contributed by atoms with Gasteiger partial charge in [-0.3, -0.25) is 9.20 Å². The molecule has 3 aromatic heterocycles. The fourth-order valence-corrected chi connectivity index (χ4v) is 2.34. The molecule has 0 bridgehead atoms. The Labute approximate surface area is 118 Å². The summed E-state index contributed by atoms with van der Waals surface area (Å²) in [6.45, 7) is 0.383. The molecule has 0 saturated heterocycles. The molecule has 102 valence electrons. The number of rotatable bonds is 5. The predicted molar refractivity (Wildman–Crippen MR) is 72.1 cm³/mol. The van der Waals surface area contributed by atoms with E-state index >= 15 is 0 Å². The molecular weight excluding hydrogens is 278 g/mol. The molecule has 0 atom stereocenters. The first kappa shape index (κ1) is 12.7.